The number of nitrogens with two attached hydrogens (primary N) is 1. The van der Waals surface area contributed by atoms with Crippen molar-refractivity contribution in [3.63, 3.8) is 0 Å². The Kier molecular flexibility index (Phi) is 3.82. The van der Waals surface area contributed by atoms with Crippen LogP contribution in [-0.2, 0) is 0 Å². The lowest BCUT2D eigenvalue weighted by Gasteiger charge is -2.30. The molecule has 0 aromatic rings. The SMILES string of the molecule is NC1CCN(CCC2CCCC2)CC1. The maximum Gasteiger partial charge on any atom is 0.00631 e. The number of piperidine rings is 1. The van der Waals surface area contributed by atoms with Gasteiger partial charge in [-0.2, -0.15) is 0 Å². The lowest BCUT2D eigenvalue weighted by Crippen LogP contribution is -2.40. The molecule has 2 aliphatic rings. The predicted octanol–water partition coefficient (Wildman–Crippen LogP) is 1.99. The van der Waals surface area contributed by atoms with Crippen molar-refractivity contribution in [2.75, 3.05) is 19.6 Å². The monoisotopic (exact) mass is 196 g/mol. The quantitative estimate of drug-likeness (QED) is 0.748. The number of hydrogen-bond donors (Lipinski definition) is 1. The average molecular weight is 196 g/mol. The van der Waals surface area contributed by atoms with Gasteiger partial charge in [-0.25, -0.2) is 0 Å². The normalized spacial score (nSPS) is 27.2. The van der Waals surface area contributed by atoms with E-state index in [1.165, 1.54) is 64.6 Å². The van der Waals surface area contributed by atoms with Gasteiger partial charge in [0.1, 0.15) is 0 Å². The molecule has 0 atom stereocenters. The molecular weight excluding hydrogens is 172 g/mol. The Bertz CT molecular complexity index is 156. The maximum atomic E-state index is 5.89. The Labute approximate surface area is 87.8 Å². The minimum absolute atomic E-state index is 0.484. The first kappa shape index (κ1) is 10.4. The average Bonchev–Trinajstić information content (AvgIpc) is 2.70. The first-order valence-corrected chi connectivity index (χ1v) is 6.32. The van der Waals surface area contributed by atoms with E-state index in [1.54, 1.807) is 0 Å². The van der Waals surface area contributed by atoms with Gasteiger partial charge in [0.05, 0.1) is 0 Å². The van der Waals surface area contributed by atoms with E-state index < -0.39 is 0 Å². The molecule has 0 aromatic carbocycles. The van der Waals surface area contributed by atoms with Gasteiger partial charge in [0.2, 0.25) is 0 Å². The highest BCUT2D eigenvalue weighted by Gasteiger charge is 2.19. The highest BCUT2D eigenvalue weighted by atomic mass is 15.1. The van der Waals surface area contributed by atoms with Crippen molar-refractivity contribution < 1.29 is 0 Å². The Hall–Kier alpha value is -0.0800. The molecule has 0 bridgehead atoms. The van der Waals surface area contributed by atoms with Crippen molar-refractivity contribution in [3.05, 3.63) is 0 Å². The molecular formula is C12H24N2. The summed E-state index contributed by atoms with van der Waals surface area (Å²) in [5.74, 6) is 1.05. The second-order valence-electron chi connectivity index (χ2n) is 5.12. The molecule has 0 amide bonds. The number of nitrogens with zero attached hydrogens (tertiary/aromatic N) is 1. The maximum absolute atomic E-state index is 5.89. The van der Waals surface area contributed by atoms with Gasteiger partial charge in [0, 0.05) is 6.04 Å². The molecule has 0 unspecified atom stereocenters. The summed E-state index contributed by atoms with van der Waals surface area (Å²) < 4.78 is 0. The van der Waals surface area contributed by atoms with E-state index in [1.807, 2.05) is 0 Å². The molecule has 1 heterocycles. The molecule has 2 nitrogen and oxygen atoms in total. The van der Waals surface area contributed by atoms with Crippen LogP contribution >= 0.6 is 0 Å². The number of likely N-dealkylation sites (tertiary alicyclic amines) is 1. The fraction of sp³-hybridized carbons (Fsp3) is 1.00. The van der Waals surface area contributed by atoms with Crippen LogP contribution in [-0.4, -0.2) is 30.6 Å². The van der Waals surface area contributed by atoms with Crippen molar-refractivity contribution in [2.45, 2.75) is 51.0 Å². The fourth-order valence-corrected chi connectivity index (χ4v) is 2.84. The highest BCUT2D eigenvalue weighted by Crippen LogP contribution is 2.27. The van der Waals surface area contributed by atoms with Crippen molar-refractivity contribution in [1.29, 1.82) is 0 Å². The summed E-state index contributed by atoms with van der Waals surface area (Å²) in [7, 11) is 0. The van der Waals surface area contributed by atoms with Gasteiger partial charge in [-0.05, 0) is 44.8 Å². The third-order valence-corrected chi connectivity index (χ3v) is 3.96. The summed E-state index contributed by atoms with van der Waals surface area (Å²) in [4.78, 5) is 2.61. The third kappa shape index (κ3) is 2.96. The lowest BCUT2D eigenvalue weighted by atomic mass is 10.0. The van der Waals surface area contributed by atoms with E-state index in [-0.39, 0.29) is 0 Å². The molecule has 1 aliphatic carbocycles. The number of rotatable bonds is 3. The van der Waals surface area contributed by atoms with Crippen LogP contribution in [0.2, 0.25) is 0 Å². The molecule has 2 rings (SSSR count). The van der Waals surface area contributed by atoms with Gasteiger partial charge in [0.25, 0.3) is 0 Å². The molecule has 2 fully saturated rings. The van der Waals surface area contributed by atoms with Gasteiger partial charge in [-0.1, -0.05) is 25.7 Å². The molecule has 0 radical (unpaired) electrons. The van der Waals surface area contributed by atoms with E-state index in [0.717, 1.165) is 5.92 Å². The van der Waals surface area contributed by atoms with E-state index in [0.29, 0.717) is 6.04 Å². The topological polar surface area (TPSA) is 29.3 Å². The molecule has 1 saturated heterocycles. The fourth-order valence-electron chi connectivity index (χ4n) is 2.84. The molecule has 14 heavy (non-hydrogen) atoms. The van der Waals surface area contributed by atoms with Crippen LogP contribution in [0.25, 0.3) is 0 Å². The predicted molar refractivity (Wildman–Crippen MR) is 60.2 cm³/mol. The van der Waals surface area contributed by atoms with Crippen molar-refractivity contribution in [1.82, 2.24) is 4.90 Å². The molecule has 1 saturated carbocycles. The third-order valence-electron chi connectivity index (χ3n) is 3.96. The molecule has 0 spiro atoms. The second kappa shape index (κ2) is 5.13. The zero-order valence-corrected chi connectivity index (χ0v) is 9.25. The van der Waals surface area contributed by atoms with E-state index in [9.17, 15) is 0 Å². The molecule has 1 aliphatic heterocycles. The smallest absolute Gasteiger partial charge is 0.00631 e. The largest absolute Gasteiger partial charge is 0.328 e. The van der Waals surface area contributed by atoms with Crippen LogP contribution < -0.4 is 5.73 Å². The Balaban J connectivity index is 1.60. The minimum atomic E-state index is 0.484. The minimum Gasteiger partial charge on any atom is -0.328 e. The van der Waals surface area contributed by atoms with Gasteiger partial charge in [0.15, 0.2) is 0 Å². The highest BCUT2D eigenvalue weighted by molar-refractivity contribution is 4.75. The van der Waals surface area contributed by atoms with E-state index in [2.05, 4.69) is 4.90 Å². The van der Waals surface area contributed by atoms with Crippen LogP contribution in [0.4, 0.5) is 0 Å². The summed E-state index contributed by atoms with van der Waals surface area (Å²) >= 11 is 0. The molecule has 2 N–H and O–H groups in total. The van der Waals surface area contributed by atoms with E-state index >= 15 is 0 Å². The zero-order valence-electron chi connectivity index (χ0n) is 9.25. The van der Waals surface area contributed by atoms with Gasteiger partial charge >= 0.3 is 0 Å². The molecule has 82 valence electrons. The van der Waals surface area contributed by atoms with Gasteiger partial charge in [-0.15, -0.1) is 0 Å². The van der Waals surface area contributed by atoms with Crippen LogP contribution in [0.5, 0.6) is 0 Å². The lowest BCUT2D eigenvalue weighted by molar-refractivity contribution is 0.200. The summed E-state index contributed by atoms with van der Waals surface area (Å²) in [5, 5.41) is 0. The van der Waals surface area contributed by atoms with E-state index in [4.69, 9.17) is 5.73 Å². The number of hydrogen-bond acceptors (Lipinski definition) is 2. The van der Waals surface area contributed by atoms with Crippen LogP contribution in [0.15, 0.2) is 0 Å². The van der Waals surface area contributed by atoms with Crippen molar-refractivity contribution in [2.24, 2.45) is 11.7 Å². The van der Waals surface area contributed by atoms with Crippen molar-refractivity contribution in [3.8, 4) is 0 Å². The second-order valence-corrected chi connectivity index (χ2v) is 5.12. The Morgan fingerprint density at radius 1 is 1.00 bits per heavy atom. The molecule has 0 aromatic heterocycles. The van der Waals surface area contributed by atoms with Crippen LogP contribution in [0, 0.1) is 5.92 Å². The van der Waals surface area contributed by atoms with Gasteiger partial charge < -0.3 is 10.6 Å². The summed E-state index contributed by atoms with van der Waals surface area (Å²) in [6.07, 6.45) is 9.82. The van der Waals surface area contributed by atoms with Gasteiger partial charge in [-0.3, -0.25) is 0 Å². The molecule has 2 heteroatoms. The van der Waals surface area contributed by atoms with Crippen LogP contribution in [0.3, 0.4) is 0 Å². The summed E-state index contributed by atoms with van der Waals surface area (Å²) in [6, 6.07) is 0.484. The standard InChI is InChI=1S/C12H24N2/c13-12-6-9-14(10-7-12)8-5-11-3-1-2-4-11/h11-12H,1-10,13H2. The summed E-state index contributed by atoms with van der Waals surface area (Å²) in [6.45, 7) is 3.82. The first-order chi connectivity index (χ1) is 6.84. The van der Waals surface area contributed by atoms with Crippen LogP contribution in [0.1, 0.15) is 44.9 Å². The Morgan fingerprint density at radius 3 is 2.29 bits per heavy atom. The van der Waals surface area contributed by atoms with Crippen molar-refractivity contribution >= 4 is 0 Å². The Morgan fingerprint density at radius 2 is 1.64 bits per heavy atom. The first-order valence-electron chi connectivity index (χ1n) is 6.32. The summed E-state index contributed by atoms with van der Waals surface area (Å²) in [5.41, 5.74) is 5.89. The zero-order chi connectivity index (χ0) is 9.80.